The van der Waals surface area contributed by atoms with Crippen LogP contribution in [-0.2, 0) is 6.42 Å². The quantitative estimate of drug-likeness (QED) is 0.755. The van der Waals surface area contributed by atoms with Crippen LogP contribution in [0, 0.1) is 25.6 Å². The monoisotopic (exact) mass is 397 g/mol. The molecular formula is C24H32FN3O. The van der Waals surface area contributed by atoms with Crippen molar-refractivity contribution >= 4 is 11.7 Å². The van der Waals surface area contributed by atoms with Gasteiger partial charge in [-0.1, -0.05) is 29.8 Å². The van der Waals surface area contributed by atoms with Crippen molar-refractivity contribution in [2.75, 3.05) is 38.5 Å². The molecular weight excluding hydrogens is 365 g/mol. The van der Waals surface area contributed by atoms with E-state index in [4.69, 9.17) is 0 Å². The summed E-state index contributed by atoms with van der Waals surface area (Å²) >= 11 is 0. The van der Waals surface area contributed by atoms with E-state index in [2.05, 4.69) is 23.2 Å². The van der Waals surface area contributed by atoms with Crippen LogP contribution in [0.5, 0.6) is 0 Å². The van der Waals surface area contributed by atoms with Crippen LogP contribution in [0.4, 0.5) is 14.9 Å². The molecule has 0 radical (unpaired) electrons. The third kappa shape index (κ3) is 6.29. The zero-order valence-corrected chi connectivity index (χ0v) is 17.7. The molecule has 29 heavy (non-hydrogen) atoms. The van der Waals surface area contributed by atoms with Crippen molar-refractivity contribution in [3.63, 3.8) is 0 Å². The molecule has 2 amide bonds. The zero-order valence-electron chi connectivity index (χ0n) is 17.7. The minimum absolute atomic E-state index is 0.0552. The normalized spacial score (nSPS) is 17.2. The average molecular weight is 398 g/mol. The molecule has 0 spiro atoms. The van der Waals surface area contributed by atoms with E-state index in [1.807, 2.05) is 38.2 Å². The Morgan fingerprint density at radius 2 is 1.97 bits per heavy atom. The van der Waals surface area contributed by atoms with Gasteiger partial charge in [-0.15, -0.1) is 0 Å². The first-order valence-corrected chi connectivity index (χ1v) is 10.5. The number of carbonyl (C=O) groups excluding carboxylic acids is 1. The van der Waals surface area contributed by atoms with Gasteiger partial charge in [0.2, 0.25) is 0 Å². The van der Waals surface area contributed by atoms with Crippen LogP contribution in [-0.4, -0.2) is 49.1 Å². The molecule has 2 aromatic rings. The Labute approximate surface area is 173 Å². The minimum atomic E-state index is -0.186. The number of carbonyl (C=O) groups is 1. The third-order valence-corrected chi connectivity index (χ3v) is 5.74. The number of rotatable bonds is 6. The van der Waals surface area contributed by atoms with E-state index in [9.17, 15) is 9.18 Å². The molecule has 156 valence electrons. The Morgan fingerprint density at radius 1 is 1.21 bits per heavy atom. The van der Waals surface area contributed by atoms with Crippen molar-refractivity contribution in [1.82, 2.24) is 9.80 Å². The Morgan fingerprint density at radius 3 is 2.69 bits per heavy atom. The van der Waals surface area contributed by atoms with E-state index >= 15 is 0 Å². The smallest absolute Gasteiger partial charge is 0.321 e. The fraction of sp³-hybridized carbons (Fsp3) is 0.458. The lowest BCUT2D eigenvalue weighted by atomic mass is 9.97. The number of piperidine rings is 1. The predicted molar refractivity (Wildman–Crippen MR) is 117 cm³/mol. The van der Waals surface area contributed by atoms with Gasteiger partial charge in [-0.05, 0) is 74.9 Å². The maximum Gasteiger partial charge on any atom is 0.321 e. The van der Waals surface area contributed by atoms with E-state index in [1.165, 1.54) is 23.3 Å². The number of aryl methyl sites for hydroxylation is 2. The van der Waals surface area contributed by atoms with Crippen LogP contribution >= 0.6 is 0 Å². The SMILES string of the molecule is Cc1ccc(NC(=O)N(C)CC2CCCN(CCc3ccc(F)cc3)C2)c(C)c1. The summed E-state index contributed by atoms with van der Waals surface area (Å²) in [6.07, 6.45) is 3.23. The van der Waals surface area contributed by atoms with Crippen LogP contribution in [0.2, 0.25) is 0 Å². The number of amides is 2. The molecule has 0 saturated carbocycles. The van der Waals surface area contributed by atoms with Gasteiger partial charge in [0.25, 0.3) is 0 Å². The topological polar surface area (TPSA) is 35.6 Å². The first kappa shape index (κ1) is 21.3. The summed E-state index contributed by atoms with van der Waals surface area (Å²) < 4.78 is 13.0. The van der Waals surface area contributed by atoms with Gasteiger partial charge >= 0.3 is 6.03 Å². The summed E-state index contributed by atoms with van der Waals surface area (Å²) in [7, 11) is 1.87. The lowest BCUT2D eigenvalue weighted by Gasteiger charge is -2.34. The zero-order chi connectivity index (χ0) is 20.8. The highest BCUT2D eigenvalue weighted by molar-refractivity contribution is 5.90. The number of anilines is 1. The number of hydrogen-bond donors (Lipinski definition) is 1. The molecule has 2 aromatic carbocycles. The Bertz CT molecular complexity index is 821. The van der Waals surface area contributed by atoms with Crippen LogP contribution < -0.4 is 5.32 Å². The van der Waals surface area contributed by atoms with Gasteiger partial charge in [0.05, 0.1) is 0 Å². The van der Waals surface area contributed by atoms with Gasteiger partial charge < -0.3 is 15.1 Å². The second-order valence-electron chi connectivity index (χ2n) is 8.31. The first-order chi connectivity index (χ1) is 13.9. The van der Waals surface area contributed by atoms with Crippen molar-refractivity contribution < 1.29 is 9.18 Å². The number of hydrogen-bond acceptors (Lipinski definition) is 2. The second kappa shape index (κ2) is 9.88. The summed E-state index contributed by atoms with van der Waals surface area (Å²) in [5, 5.41) is 3.03. The molecule has 0 aliphatic carbocycles. The minimum Gasteiger partial charge on any atom is -0.327 e. The Balaban J connectivity index is 1.47. The molecule has 1 atom stereocenters. The summed E-state index contributed by atoms with van der Waals surface area (Å²) in [6.45, 7) is 7.89. The number of benzene rings is 2. The molecule has 0 aromatic heterocycles. The molecule has 1 heterocycles. The summed E-state index contributed by atoms with van der Waals surface area (Å²) in [5.41, 5.74) is 4.31. The van der Waals surface area contributed by atoms with Crippen LogP contribution in [0.15, 0.2) is 42.5 Å². The molecule has 0 bridgehead atoms. The fourth-order valence-corrected chi connectivity index (χ4v) is 4.08. The molecule has 1 saturated heterocycles. The highest BCUT2D eigenvalue weighted by Crippen LogP contribution is 2.20. The largest absolute Gasteiger partial charge is 0.327 e. The fourth-order valence-electron chi connectivity index (χ4n) is 4.08. The van der Waals surface area contributed by atoms with E-state index < -0.39 is 0 Å². The molecule has 1 unspecified atom stereocenters. The molecule has 4 nitrogen and oxygen atoms in total. The molecule has 3 rings (SSSR count). The van der Waals surface area contributed by atoms with Gasteiger partial charge in [0.15, 0.2) is 0 Å². The van der Waals surface area contributed by atoms with Gasteiger partial charge in [-0.3, -0.25) is 0 Å². The maximum absolute atomic E-state index is 13.0. The highest BCUT2D eigenvalue weighted by atomic mass is 19.1. The van der Waals surface area contributed by atoms with E-state index in [0.29, 0.717) is 5.92 Å². The van der Waals surface area contributed by atoms with Crippen LogP contribution in [0.1, 0.15) is 29.5 Å². The Kier molecular flexibility index (Phi) is 7.26. The molecule has 1 N–H and O–H groups in total. The van der Waals surface area contributed by atoms with Crippen molar-refractivity contribution in [2.24, 2.45) is 5.92 Å². The number of halogens is 1. The molecule has 1 aliphatic heterocycles. The maximum atomic E-state index is 13.0. The predicted octanol–water partition coefficient (Wildman–Crippen LogP) is 4.86. The third-order valence-electron chi connectivity index (χ3n) is 5.74. The van der Waals surface area contributed by atoms with Crippen molar-refractivity contribution in [1.29, 1.82) is 0 Å². The van der Waals surface area contributed by atoms with Gasteiger partial charge in [-0.2, -0.15) is 0 Å². The average Bonchev–Trinajstić information content (AvgIpc) is 2.70. The first-order valence-electron chi connectivity index (χ1n) is 10.5. The standard InChI is InChI=1S/C24H32FN3O/c1-18-6-11-23(19(2)15-18)26-24(29)27(3)16-21-5-4-13-28(17-21)14-12-20-7-9-22(25)10-8-20/h6-11,15,21H,4-5,12-14,16-17H2,1-3H3,(H,26,29). The lowest BCUT2D eigenvalue weighted by Crippen LogP contribution is -2.43. The van der Waals surface area contributed by atoms with E-state index in [0.717, 1.165) is 56.7 Å². The molecule has 1 aliphatic rings. The van der Waals surface area contributed by atoms with Gasteiger partial charge in [-0.25, -0.2) is 9.18 Å². The number of nitrogens with one attached hydrogen (secondary N) is 1. The van der Waals surface area contributed by atoms with Crippen molar-refractivity contribution in [2.45, 2.75) is 33.1 Å². The van der Waals surface area contributed by atoms with Crippen LogP contribution in [0.25, 0.3) is 0 Å². The Hall–Kier alpha value is -2.40. The summed E-state index contributed by atoms with van der Waals surface area (Å²) in [6, 6.07) is 12.8. The van der Waals surface area contributed by atoms with Crippen molar-refractivity contribution in [3.05, 3.63) is 65.0 Å². The number of urea groups is 1. The van der Waals surface area contributed by atoms with Crippen LogP contribution in [0.3, 0.4) is 0 Å². The molecule has 5 heteroatoms. The highest BCUT2D eigenvalue weighted by Gasteiger charge is 2.22. The number of likely N-dealkylation sites (tertiary alicyclic amines) is 1. The van der Waals surface area contributed by atoms with E-state index in [-0.39, 0.29) is 11.8 Å². The van der Waals surface area contributed by atoms with E-state index in [1.54, 1.807) is 4.90 Å². The van der Waals surface area contributed by atoms with Gasteiger partial charge in [0.1, 0.15) is 5.82 Å². The second-order valence-corrected chi connectivity index (χ2v) is 8.31. The van der Waals surface area contributed by atoms with Crippen molar-refractivity contribution in [3.8, 4) is 0 Å². The van der Waals surface area contributed by atoms with Gasteiger partial charge in [0, 0.05) is 32.4 Å². The molecule has 1 fully saturated rings. The summed E-state index contributed by atoms with van der Waals surface area (Å²) in [4.78, 5) is 16.9. The summed E-state index contributed by atoms with van der Waals surface area (Å²) in [5.74, 6) is 0.292. The lowest BCUT2D eigenvalue weighted by molar-refractivity contribution is 0.150. The number of nitrogens with zero attached hydrogens (tertiary/aromatic N) is 2.